The SMILES string of the molecule is CCOC(=O)C(C#N)C1(C(C#N)C(=O)OCC)C(=O)Nc2ccccc21. The highest BCUT2D eigenvalue weighted by Crippen LogP contribution is 2.48. The molecule has 0 radical (unpaired) electrons. The van der Waals surface area contributed by atoms with Crippen molar-refractivity contribution in [1.29, 1.82) is 10.5 Å². The number of hydrogen-bond donors (Lipinski definition) is 1. The standard InChI is InChI=1S/C18H17N3O5/c1-3-25-15(22)12(9-19)18(13(10-20)16(23)26-4-2)11-7-5-6-8-14(11)21-17(18)24/h5-8,12-13H,3-4H2,1-2H3,(H,21,24). The molecule has 26 heavy (non-hydrogen) atoms. The normalized spacial score (nSPS) is 19.9. The second kappa shape index (κ2) is 7.66. The molecule has 0 aliphatic carbocycles. The van der Waals surface area contributed by atoms with Gasteiger partial charge < -0.3 is 14.8 Å². The first-order chi connectivity index (χ1) is 12.5. The van der Waals surface area contributed by atoms with Crippen molar-refractivity contribution in [3.8, 4) is 12.1 Å². The average Bonchev–Trinajstić information content (AvgIpc) is 2.90. The quantitative estimate of drug-likeness (QED) is 0.761. The zero-order valence-electron chi connectivity index (χ0n) is 14.3. The van der Waals surface area contributed by atoms with Crippen LogP contribution in [0.25, 0.3) is 0 Å². The van der Waals surface area contributed by atoms with E-state index in [0.29, 0.717) is 5.69 Å². The molecular weight excluding hydrogens is 338 g/mol. The zero-order chi connectivity index (χ0) is 19.3. The van der Waals surface area contributed by atoms with Crippen LogP contribution in [0.15, 0.2) is 24.3 Å². The molecule has 1 aliphatic heterocycles. The molecule has 2 unspecified atom stereocenters. The van der Waals surface area contributed by atoms with Crippen LogP contribution in [-0.2, 0) is 29.3 Å². The number of fused-ring (bicyclic) bond motifs is 1. The molecule has 1 aromatic carbocycles. The van der Waals surface area contributed by atoms with Crippen LogP contribution in [0.2, 0.25) is 0 Å². The van der Waals surface area contributed by atoms with Crippen LogP contribution in [0.1, 0.15) is 19.4 Å². The summed E-state index contributed by atoms with van der Waals surface area (Å²) in [6, 6.07) is 9.82. The first-order valence-corrected chi connectivity index (χ1v) is 8.02. The van der Waals surface area contributed by atoms with Crippen LogP contribution in [0, 0.1) is 34.5 Å². The highest BCUT2D eigenvalue weighted by atomic mass is 16.5. The number of carbonyl (C=O) groups excluding carboxylic acids is 3. The Morgan fingerprint density at radius 3 is 2.04 bits per heavy atom. The van der Waals surface area contributed by atoms with Crippen molar-refractivity contribution in [3.63, 3.8) is 0 Å². The topological polar surface area (TPSA) is 129 Å². The van der Waals surface area contributed by atoms with Gasteiger partial charge in [0.1, 0.15) is 5.41 Å². The van der Waals surface area contributed by atoms with E-state index in [1.165, 1.54) is 6.07 Å². The van der Waals surface area contributed by atoms with E-state index in [0.717, 1.165) is 0 Å². The third-order valence-corrected chi connectivity index (χ3v) is 4.21. The number of nitriles is 2. The van der Waals surface area contributed by atoms with Gasteiger partial charge in [-0.05, 0) is 25.5 Å². The molecule has 8 heteroatoms. The number of benzene rings is 1. The Morgan fingerprint density at radius 2 is 1.58 bits per heavy atom. The monoisotopic (exact) mass is 355 g/mol. The number of anilines is 1. The van der Waals surface area contributed by atoms with E-state index in [1.807, 2.05) is 0 Å². The van der Waals surface area contributed by atoms with E-state index in [-0.39, 0.29) is 18.8 Å². The Bertz CT molecular complexity index is 785. The van der Waals surface area contributed by atoms with Crippen molar-refractivity contribution in [2.75, 3.05) is 18.5 Å². The van der Waals surface area contributed by atoms with Crippen LogP contribution in [0.4, 0.5) is 5.69 Å². The third kappa shape index (κ3) is 2.76. The minimum absolute atomic E-state index is 0.0208. The predicted molar refractivity (Wildman–Crippen MR) is 88.2 cm³/mol. The molecule has 1 heterocycles. The summed E-state index contributed by atoms with van der Waals surface area (Å²) >= 11 is 0. The molecule has 2 atom stereocenters. The second-order valence-corrected chi connectivity index (χ2v) is 5.50. The first kappa shape index (κ1) is 18.9. The molecule has 1 amide bonds. The summed E-state index contributed by atoms with van der Waals surface area (Å²) in [4.78, 5) is 37.8. The van der Waals surface area contributed by atoms with Crippen LogP contribution in [0.3, 0.4) is 0 Å². The summed E-state index contributed by atoms with van der Waals surface area (Å²) in [7, 11) is 0. The molecule has 134 valence electrons. The van der Waals surface area contributed by atoms with Crippen molar-refractivity contribution in [3.05, 3.63) is 29.8 Å². The predicted octanol–water partition coefficient (Wildman–Crippen LogP) is 1.28. The molecule has 0 saturated carbocycles. The molecule has 0 spiro atoms. The molecular formula is C18H17N3O5. The summed E-state index contributed by atoms with van der Waals surface area (Å²) in [6.45, 7) is 3.06. The number of nitrogens with zero attached hydrogens (tertiary/aromatic N) is 2. The van der Waals surface area contributed by atoms with E-state index in [2.05, 4.69) is 5.32 Å². The zero-order valence-corrected chi connectivity index (χ0v) is 14.3. The van der Waals surface area contributed by atoms with Crippen LogP contribution in [-0.4, -0.2) is 31.1 Å². The van der Waals surface area contributed by atoms with Gasteiger partial charge in [-0.25, -0.2) is 0 Å². The van der Waals surface area contributed by atoms with E-state index < -0.39 is 35.1 Å². The fourth-order valence-corrected chi connectivity index (χ4v) is 3.17. The van der Waals surface area contributed by atoms with Crippen LogP contribution in [0.5, 0.6) is 0 Å². The molecule has 0 bridgehead atoms. The highest BCUT2D eigenvalue weighted by molar-refractivity contribution is 6.12. The summed E-state index contributed by atoms with van der Waals surface area (Å²) in [6.07, 6.45) is 0. The smallest absolute Gasteiger partial charge is 0.324 e. The van der Waals surface area contributed by atoms with Crippen molar-refractivity contribution in [2.24, 2.45) is 11.8 Å². The lowest BCUT2D eigenvalue weighted by Gasteiger charge is -2.33. The minimum atomic E-state index is -2.06. The maximum atomic E-state index is 12.9. The van der Waals surface area contributed by atoms with Gasteiger partial charge in [0.2, 0.25) is 5.91 Å². The van der Waals surface area contributed by atoms with Gasteiger partial charge in [-0.2, -0.15) is 10.5 Å². The largest absolute Gasteiger partial charge is 0.465 e. The first-order valence-electron chi connectivity index (χ1n) is 8.02. The van der Waals surface area contributed by atoms with Crippen LogP contribution >= 0.6 is 0 Å². The molecule has 0 aromatic heterocycles. The lowest BCUT2D eigenvalue weighted by atomic mass is 9.63. The van der Waals surface area contributed by atoms with Crippen molar-refractivity contribution < 1.29 is 23.9 Å². The molecule has 0 saturated heterocycles. The van der Waals surface area contributed by atoms with Gasteiger partial charge in [-0.3, -0.25) is 14.4 Å². The molecule has 0 fully saturated rings. The number of rotatable bonds is 6. The van der Waals surface area contributed by atoms with Gasteiger partial charge in [0.25, 0.3) is 0 Å². The van der Waals surface area contributed by atoms with E-state index >= 15 is 0 Å². The Morgan fingerprint density at radius 1 is 1.08 bits per heavy atom. The van der Waals surface area contributed by atoms with Crippen molar-refractivity contribution >= 4 is 23.5 Å². The number of ether oxygens (including phenoxy) is 2. The number of amides is 1. The number of carbonyl (C=O) groups is 3. The fourth-order valence-electron chi connectivity index (χ4n) is 3.17. The molecule has 1 aliphatic rings. The maximum Gasteiger partial charge on any atom is 0.324 e. The van der Waals surface area contributed by atoms with E-state index in [9.17, 15) is 24.9 Å². The Balaban J connectivity index is 2.77. The van der Waals surface area contributed by atoms with Gasteiger partial charge in [0, 0.05) is 5.69 Å². The van der Waals surface area contributed by atoms with Gasteiger partial charge in [-0.15, -0.1) is 0 Å². The average molecular weight is 355 g/mol. The number of esters is 2. The van der Waals surface area contributed by atoms with Gasteiger partial charge in [0.05, 0.1) is 25.4 Å². The van der Waals surface area contributed by atoms with Gasteiger partial charge >= 0.3 is 11.9 Å². The van der Waals surface area contributed by atoms with Crippen LogP contribution < -0.4 is 5.32 Å². The number of nitrogens with one attached hydrogen (secondary N) is 1. The van der Waals surface area contributed by atoms with Gasteiger partial charge in [0.15, 0.2) is 11.8 Å². The second-order valence-electron chi connectivity index (χ2n) is 5.50. The summed E-state index contributed by atoms with van der Waals surface area (Å²) in [5.41, 5.74) is -1.52. The Hall–Kier alpha value is -3.39. The highest BCUT2D eigenvalue weighted by Gasteiger charge is 2.63. The summed E-state index contributed by atoms with van der Waals surface area (Å²) in [5, 5.41) is 21.9. The number of para-hydroxylation sites is 1. The number of hydrogen-bond acceptors (Lipinski definition) is 7. The van der Waals surface area contributed by atoms with Crippen molar-refractivity contribution in [1.82, 2.24) is 0 Å². The van der Waals surface area contributed by atoms with Crippen molar-refractivity contribution in [2.45, 2.75) is 19.3 Å². The maximum absolute atomic E-state index is 12.9. The molecule has 2 rings (SSSR count). The summed E-state index contributed by atoms with van der Waals surface area (Å²) in [5.74, 6) is -6.14. The third-order valence-electron chi connectivity index (χ3n) is 4.21. The van der Waals surface area contributed by atoms with E-state index in [1.54, 1.807) is 44.2 Å². The lowest BCUT2D eigenvalue weighted by molar-refractivity contribution is -0.156. The Kier molecular flexibility index (Phi) is 5.58. The van der Waals surface area contributed by atoms with E-state index in [4.69, 9.17) is 9.47 Å². The summed E-state index contributed by atoms with van der Waals surface area (Å²) < 4.78 is 9.85. The molecule has 1 aromatic rings. The Labute approximate surface area is 150 Å². The fraction of sp³-hybridized carbons (Fsp3) is 0.389. The molecule has 1 N–H and O–H groups in total. The van der Waals surface area contributed by atoms with Gasteiger partial charge in [-0.1, -0.05) is 18.2 Å². The lowest BCUT2D eigenvalue weighted by Crippen LogP contribution is -2.53. The minimum Gasteiger partial charge on any atom is -0.465 e. The molecule has 8 nitrogen and oxygen atoms in total.